The number of ether oxygens (including phenoxy) is 1. The number of nitro groups is 2. The van der Waals surface area contributed by atoms with Crippen molar-refractivity contribution in [2.24, 2.45) is 5.10 Å². The average molecular weight is 479 g/mol. The van der Waals surface area contributed by atoms with E-state index in [1.807, 2.05) is 4.90 Å². The van der Waals surface area contributed by atoms with Gasteiger partial charge in [0.15, 0.2) is 0 Å². The Labute approximate surface area is 199 Å². The van der Waals surface area contributed by atoms with Crippen LogP contribution in [0.3, 0.4) is 0 Å². The number of nitro benzene ring substituents is 2. The van der Waals surface area contributed by atoms with E-state index in [0.29, 0.717) is 22.9 Å². The molecule has 3 aromatic rings. The Morgan fingerprint density at radius 2 is 1.63 bits per heavy atom. The van der Waals surface area contributed by atoms with Crippen LogP contribution < -0.4 is 20.4 Å². The maximum absolute atomic E-state index is 11.1. The normalized spacial score (nSPS) is 13.1. The molecular formula is C21H21N9O5. The first-order chi connectivity index (χ1) is 16.9. The third-order valence-electron chi connectivity index (χ3n) is 5.14. The predicted octanol–water partition coefficient (Wildman–Crippen LogP) is 3.49. The van der Waals surface area contributed by atoms with E-state index < -0.39 is 9.85 Å². The molecule has 4 rings (SSSR count). The smallest absolute Gasteiger partial charge is 0.270 e. The first-order valence-electron chi connectivity index (χ1n) is 10.6. The maximum Gasteiger partial charge on any atom is 0.270 e. The lowest BCUT2D eigenvalue weighted by Crippen LogP contribution is -2.21. The molecule has 2 N–H and O–H groups in total. The summed E-state index contributed by atoms with van der Waals surface area (Å²) in [6.07, 6.45) is 3.41. The zero-order valence-corrected chi connectivity index (χ0v) is 18.6. The number of methoxy groups -OCH3 is 1. The molecule has 0 spiro atoms. The van der Waals surface area contributed by atoms with Gasteiger partial charge >= 0.3 is 0 Å². The molecule has 0 aliphatic carbocycles. The van der Waals surface area contributed by atoms with Gasteiger partial charge in [0, 0.05) is 48.6 Å². The lowest BCUT2D eigenvalue weighted by Gasteiger charge is -2.16. The van der Waals surface area contributed by atoms with Gasteiger partial charge in [-0.25, -0.2) is 5.43 Å². The van der Waals surface area contributed by atoms with Crippen molar-refractivity contribution in [1.82, 2.24) is 15.0 Å². The second-order valence-corrected chi connectivity index (χ2v) is 7.46. The number of benzene rings is 2. The second-order valence-electron chi connectivity index (χ2n) is 7.46. The number of hydrazone groups is 1. The Hall–Kier alpha value is -4.88. The standard InChI is InChI=1S/C21H21N9O5/c1-35-18-9-8-17(30(33)34)12-14(18)13-22-27-20-24-19(25-21(26-20)28-10-2-3-11-28)23-15-4-6-16(7-5-15)29(31)32/h4-9,12-13H,2-3,10-11H2,1H3,(H2,23,24,25,26,27)/b22-13+. The number of non-ortho nitro benzene ring substituents is 2. The third-order valence-corrected chi connectivity index (χ3v) is 5.14. The Kier molecular flexibility index (Phi) is 6.90. The molecule has 0 bridgehead atoms. The van der Waals surface area contributed by atoms with Crippen LogP contribution in [-0.2, 0) is 0 Å². The van der Waals surface area contributed by atoms with E-state index in [0.717, 1.165) is 25.9 Å². The van der Waals surface area contributed by atoms with Crippen LogP contribution in [0.25, 0.3) is 0 Å². The minimum Gasteiger partial charge on any atom is -0.496 e. The van der Waals surface area contributed by atoms with Gasteiger partial charge in [0.25, 0.3) is 11.4 Å². The topological polar surface area (TPSA) is 174 Å². The van der Waals surface area contributed by atoms with E-state index in [1.165, 1.54) is 43.7 Å². The Morgan fingerprint density at radius 1 is 0.971 bits per heavy atom. The highest BCUT2D eigenvalue weighted by molar-refractivity contribution is 5.85. The molecule has 0 atom stereocenters. The van der Waals surface area contributed by atoms with Crippen molar-refractivity contribution in [1.29, 1.82) is 0 Å². The number of rotatable bonds is 9. The average Bonchev–Trinajstić information content (AvgIpc) is 3.39. The summed E-state index contributed by atoms with van der Waals surface area (Å²) in [5.74, 6) is 1.23. The molecular weight excluding hydrogens is 458 g/mol. The predicted molar refractivity (Wildman–Crippen MR) is 129 cm³/mol. The Bertz CT molecular complexity index is 1260. The quantitative estimate of drug-likeness (QED) is 0.261. The van der Waals surface area contributed by atoms with Crippen molar-refractivity contribution in [3.8, 4) is 5.75 Å². The molecule has 180 valence electrons. The molecule has 0 radical (unpaired) electrons. The van der Waals surface area contributed by atoms with E-state index >= 15 is 0 Å². The van der Waals surface area contributed by atoms with Gasteiger partial charge < -0.3 is 15.0 Å². The summed E-state index contributed by atoms with van der Waals surface area (Å²) in [4.78, 5) is 36.2. The number of nitrogens with one attached hydrogen (secondary N) is 2. The molecule has 2 heterocycles. The lowest BCUT2D eigenvalue weighted by atomic mass is 10.2. The second kappa shape index (κ2) is 10.4. The van der Waals surface area contributed by atoms with Crippen LogP contribution in [0.5, 0.6) is 5.75 Å². The van der Waals surface area contributed by atoms with Gasteiger partial charge in [-0.3, -0.25) is 20.2 Å². The fourth-order valence-corrected chi connectivity index (χ4v) is 3.42. The van der Waals surface area contributed by atoms with Crippen LogP contribution in [0.2, 0.25) is 0 Å². The number of nitrogens with zero attached hydrogens (tertiary/aromatic N) is 7. The van der Waals surface area contributed by atoms with Crippen LogP contribution in [-0.4, -0.2) is 51.2 Å². The summed E-state index contributed by atoms with van der Waals surface area (Å²) in [5.41, 5.74) is 3.56. The lowest BCUT2D eigenvalue weighted by molar-refractivity contribution is -0.385. The fourth-order valence-electron chi connectivity index (χ4n) is 3.42. The summed E-state index contributed by atoms with van der Waals surface area (Å²) in [7, 11) is 1.45. The van der Waals surface area contributed by atoms with Crippen LogP contribution >= 0.6 is 0 Å². The SMILES string of the molecule is COc1ccc([N+](=O)[O-])cc1/C=N/Nc1nc(Nc2ccc([N+](=O)[O-])cc2)nc(N2CCCC2)n1. The van der Waals surface area contributed by atoms with Crippen LogP contribution in [0, 0.1) is 20.2 Å². The van der Waals surface area contributed by atoms with Gasteiger partial charge in [-0.15, -0.1) is 0 Å². The van der Waals surface area contributed by atoms with Crippen molar-refractivity contribution >= 4 is 41.1 Å². The molecule has 1 fully saturated rings. The summed E-state index contributed by atoms with van der Waals surface area (Å²) in [6, 6.07) is 10.0. The van der Waals surface area contributed by atoms with Gasteiger partial charge in [0.05, 0.1) is 23.2 Å². The van der Waals surface area contributed by atoms with Crippen molar-refractivity contribution in [2.75, 3.05) is 35.8 Å². The summed E-state index contributed by atoms with van der Waals surface area (Å²) >= 11 is 0. The Balaban J connectivity index is 1.58. The zero-order chi connectivity index (χ0) is 24.8. The van der Waals surface area contributed by atoms with Gasteiger partial charge in [-0.1, -0.05) is 0 Å². The van der Waals surface area contributed by atoms with E-state index in [9.17, 15) is 20.2 Å². The highest BCUT2D eigenvalue weighted by Gasteiger charge is 2.18. The van der Waals surface area contributed by atoms with Crippen molar-refractivity contribution < 1.29 is 14.6 Å². The molecule has 14 heteroatoms. The summed E-state index contributed by atoms with van der Waals surface area (Å²) in [5, 5.41) is 29.1. The third kappa shape index (κ3) is 5.73. The Morgan fingerprint density at radius 3 is 2.29 bits per heavy atom. The largest absolute Gasteiger partial charge is 0.496 e. The molecule has 1 aromatic heterocycles. The van der Waals surface area contributed by atoms with E-state index in [4.69, 9.17) is 4.74 Å². The molecule has 0 unspecified atom stereocenters. The van der Waals surface area contributed by atoms with Gasteiger partial charge in [0.1, 0.15) is 5.75 Å². The van der Waals surface area contributed by atoms with Crippen LogP contribution in [0.4, 0.5) is 34.9 Å². The fraction of sp³-hybridized carbons (Fsp3) is 0.238. The molecule has 0 saturated carbocycles. The molecule has 0 amide bonds. The minimum absolute atomic E-state index is 0.0303. The molecule has 2 aromatic carbocycles. The van der Waals surface area contributed by atoms with Crippen LogP contribution in [0.1, 0.15) is 18.4 Å². The molecule has 1 aliphatic rings. The highest BCUT2D eigenvalue weighted by atomic mass is 16.6. The van der Waals surface area contributed by atoms with E-state index in [2.05, 4.69) is 30.8 Å². The van der Waals surface area contributed by atoms with Crippen molar-refractivity contribution in [2.45, 2.75) is 12.8 Å². The highest BCUT2D eigenvalue weighted by Crippen LogP contribution is 2.24. The van der Waals surface area contributed by atoms with Crippen molar-refractivity contribution in [3.05, 3.63) is 68.3 Å². The van der Waals surface area contributed by atoms with Gasteiger partial charge in [-0.05, 0) is 31.0 Å². The van der Waals surface area contributed by atoms with E-state index in [1.54, 1.807) is 12.1 Å². The number of aromatic nitrogens is 3. The zero-order valence-electron chi connectivity index (χ0n) is 18.6. The number of anilines is 4. The van der Waals surface area contributed by atoms with Gasteiger partial charge in [0.2, 0.25) is 17.8 Å². The minimum atomic E-state index is -0.505. The maximum atomic E-state index is 11.1. The summed E-state index contributed by atoms with van der Waals surface area (Å²) in [6.45, 7) is 1.60. The molecule has 14 nitrogen and oxygen atoms in total. The summed E-state index contributed by atoms with van der Waals surface area (Å²) < 4.78 is 5.24. The first kappa shape index (κ1) is 23.3. The molecule has 1 saturated heterocycles. The van der Waals surface area contributed by atoms with Gasteiger partial charge in [-0.2, -0.15) is 20.1 Å². The number of hydrogen-bond acceptors (Lipinski definition) is 12. The van der Waals surface area contributed by atoms with Crippen molar-refractivity contribution in [3.63, 3.8) is 0 Å². The first-order valence-corrected chi connectivity index (χ1v) is 10.6. The monoisotopic (exact) mass is 479 g/mol. The number of hydrogen-bond donors (Lipinski definition) is 2. The van der Waals surface area contributed by atoms with Crippen LogP contribution in [0.15, 0.2) is 47.6 Å². The molecule has 35 heavy (non-hydrogen) atoms. The van der Waals surface area contributed by atoms with E-state index in [-0.39, 0.29) is 23.3 Å². The molecule has 1 aliphatic heterocycles.